The molecule has 11 heteroatoms. The van der Waals surface area contributed by atoms with Crippen molar-refractivity contribution < 1.29 is 43.0 Å². The molecule has 0 radical (unpaired) electrons. The van der Waals surface area contributed by atoms with Crippen molar-refractivity contribution in [2.24, 2.45) is 0 Å². The highest BCUT2D eigenvalue weighted by atomic mass is 32.3. The van der Waals surface area contributed by atoms with Gasteiger partial charge in [-0.2, -0.15) is 21.6 Å². The van der Waals surface area contributed by atoms with Crippen molar-refractivity contribution in [2.45, 2.75) is 11.1 Å². The first-order valence-corrected chi connectivity index (χ1v) is 5.15. The van der Waals surface area contributed by atoms with E-state index in [-0.39, 0.29) is 0 Å². The summed E-state index contributed by atoms with van der Waals surface area (Å²) in [5.41, 5.74) is -3.07. The summed E-state index contributed by atoms with van der Waals surface area (Å²) in [6, 6.07) is 0. The van der Waals surface area contributed by atoms with E-state index in [4.69, 9.17) is 0 Å². The Bertz CT molecular complexity index is 603. The van der Waals surface area contributed by atoms with Gasteiger partial charge >= 0.3 is 16.4 Å². The molecular weight excluding hydrogens is 300 g/mol. The van der Waals surface area contributed by atoms with Crippen LogP contribution in [0.15, 0.2) is 4.90 Å². The van der Waals surface area contributed by atoms with Gasteiger partial charge in [-0.25, -0.2) is 17.6 Å². The van der Waals surface area contributed by atoms with Crippen molar-refractivity contribution in [3.8, 4) is 0 Å². The molecule has 0 N–H and O–H groups in total. The Kier molecular flexibility index (Phi) is 3.32. The normalized spacial score (nSPS) is 12.9. The maximum absolute atomic E-state index is 12.8. The Morgan fingerprint density at radius 1 is 0.778 bits per heavy atom. The zero-order chi connectivity index (χ0) is 14.5. The van der Waals surface area contributed by atoms with E-state index in [0.717, 1.165) is 0 Å². The molecule has 0 amide bonds. The second kappa shape index (κ2) is 4.07. The molecular formula is C7F8O2S. The third-order valence-corrected chi connectivity index (χ3v) is 2.62. The average Bonchev–Trinajstić information content (AvgIpc) is 2.16. The average molecular weight is 300 g/mol. The fourth-order valence-corrected chi connectivity index (χ4v) is 1.85. The van der Waals surface area contributed by atoms with Crippen LogP contribution in [0.4, 0.5) is 34.6 Å². The van der Waals surface area contributed by atoms with E-state index in [1.807, 2.05) is 0 Å². The molecule has 0 fully saturated rings. The van der Waals surface area contributed by atoms with Gasteiger partial charge in [0.1, 0.15) is 5.56 Å². The van der Waals surface area contributed by atoms with Crippen molar-refractivity contribution in [2.75, 3.05) is 0 Å². The monoisotopic (exact) mass is 300 g/mol. The van der Waals surface area contributed by atoms with Gasteiger partial charge in [0.05, 0.1) is 0 Å². The zero-order valence-corrected chi connectivity index (χ0v) is 8.56. The Morgan fingerprint density at radius 3 is 1.50 bits per heavy atom. The summed E-state index contributed by atoms with van der Waals surface area (Å²) in [5, 5.41) is 0. The first kappa shape index (κ1) is 14.7. The van der Waals surface area contributed by atoms with Crippen LogP contribution in [0.25, 0.3) is 0 Å². The number of hydrogen-bond acceptors (Lipinski definition) is 2. The summed E-state index contributed by atoms with van der Waals surface area (Å²) in [6.45, 7) is 0. The summed E-state index contributed by atoms with van der Waals surface area (Å²) in [5.74, 6) is -11.8. The van der Waals surface area contributed by atoms with E-state index in [1.165, 1.54) is 0 Å². The lowest BCUT2D eigenvalue weighted by atomic mass is 10.2. The van der Waals surface area contributed by atoms with E-state index in [1.54, 1.807) is 0 Å². The van der Waals surface area contributed by atoms with Gasteiger partial charge in [-0.3, -0.25) is 0 Å². The molecule has 0 spiro atoms. The Balaban J connectivity index is 4.02. The standard InChI is InChI=1S/C7F8O2S/c8-2-1(7(12,13)14)6(18(15,16)17)5(11)4(10)3(2)9. The van der Waals surface area contributed by atoms with Gasteiger partial charge in [-0.15, -0.1) is 3.89 Å². The smallest absolute Gasteiger partial charge is 0.203 e. The SMILES string of the molecule is O=S(=O)(F)c1c(F)c(F)c(F)c(F)c1C(F)(F)F. The number of hydrogen-bond donors (Lipinski definition) is 0. The van der Waals surface area contributed by atoms with Crippen molar-refractivity contribution in [3.05, 3.63) is 28.8 Å². The van der Waals surface area contributed by atoms with Crippen LogP contribution in [0.2, 0.25) is 0 Å². The van der Waals surface area contributed by atoms with Crippen LogP contribution in [-0.4, -0.2) is 8.42 Å². The number of benzene rings is 1. The number of alkyl halides is 3. The Hall–Kier alpha value is -1.39. The fraction of sp³-hybridized carbons (Fsp3) is 0.143. The third-order valence-electron chi connectivity index (χ3n) is 1.75. The highest BCUT2D eigenvalue weighted by molar-refractivity contribution is 7.86. The predicted octanol–water partition coefficient (Wildman–Crippen LogP) is 2.92. The molecule has 0 unspecified atom stereocenters. The maximum atomic E-state index is 12.8. The van der Waals surface area contributed by atoms with E-state index in [9.17, 15) is 43.0 Å². The van der Waals surface area contributed by atoms with Crippen molar-refractivity contribution in [1.29, 1.82) is 0 Å². The summed E-state index contributed by atoms with van der Waals surface area (Å²) < 4.78 is 120. The minimum atomic E-state index is -6.45. The first-order valence-electron chi connectivity index (χ1n) is 3.76. The molecule has 18 heavy (non-hydrogen) atoms. The summed E-state index contributed by atoms with van der Waals surface area (Å²) in [4.78, 5) is -2.92. The van der Waals surface area contributed by atoms with Crippen LogP contribution < -0.4 is 0 Å². The predicted molar refractivity (Wildman–Crippen MR) is 39.6 cm³/mol. The van der Waals surface area contributed by atoms with Crippen molar-refractivity contribution in [1.82, 2.24) is 0 Å². The third kappa shape index (κ3) is 2.26. The van der Waals surface area contributed by atoms with Gasteiger partial charge in [0.15, 0.2) is 28.2 Å². The molecule has 0 saturated heterocycles. The topological polar surface area (TPSA) is 34.1 Å². The van der Waals surface area contributed by atoms with Gasteiger partial charge in [-0.05, 0) is 0 Å². The lowest BCUT2D eigenvalue weighted by Crippen LogP contribution is -2.19. The molecule has 0 bridgehead atoms. The van der Waals surface area contributed by atoms with E-state index < -0.39 is 50.1 Å². The van der Waals surface area contributed by atoms with Crippen LogP contribution >= 0.6 is 0 Å². The highest BCUT2D eigenvalue weighted by Crippen LogP contribution is 2.40. The molecule has 0 atom stereocenters. The zero-order valence-electron chi connectivity index (χ0n) is 7.75. The van der Waals surface area contributed by atoms with Crippen LogP contribution in [0.5, 0.6) is 0 Å². The fourth-order valence-electron chi connectivity index (χ4n) is 1.09. The largest absolute Gasteiger partial charge is 0.420 e. The molecule has 0 saturated carbocycles. The number of halogens is 8. The van der Waals surface area contributed by atoms with E-state index in [0.29, 0.717) is 0 Å². The molecule has 1 aromatic rings. The Labute approximate surface area is 94.0 Å². The second-order valence-electron chi connectivity index (χ2n) is 2.90. The minimum Gasteiger partial charge on any atom is -0.203 e. The van der Waals surface area contributed by atoms with Gasteiger partial charge in [0, 0.05) is 0 Å². The number of rotatable bonds is 1. The molecule has 2 nitrogen and oxygen atoms in total. The molecule has 1 aromatic carbocycles. The van der Waals surface area contributed by atoms with E-state index in [2.05, 4.69) is 0 Å². The lowest BCUT2D eigenvalue weighted by Gasteiger charge is -2.13. The summed E-state index contributed by atoms with van der Waals surface area (Å²) in [6.07, 6.45) is -5.94. The van der Waals surface area contributed by atoms with Gasteiger partial charge in [0.2, 0.25) is 0 Å². The second-order valence-corrected chi connectivity index (χ2v) is 4.18. The first-order chi connectivity index (χ1) is 7.89. The summed E-state index contributed by atoms with van der Waals surface area (Å²) in [7, 11) is -6.45. The van der Waals surface area contributed by atoms with Crippen LogP contribution in [0.1, 0.15) is 5.56 Å². The van der Waals surface area contributed by atoms with E-state index >= 15 is 0 Å². The molecule has 102 valence electrons. The molecule has 0 aliphatic rings. The maximum Gasteiger partial charge on any atom is 0.420 e. The Morgan fingerprint density at radius 2 is 1.17 bits per heavy atom. The quantitative estimate of drug-likeness (QED) is 0.346. The lowest BCUT2D eigenvalue weighted by molar-refractivity contribution is -0.143. The summed E-state index contributed by atoms with van der Waals surface area (Å²) >= 11 is 0. The highest BCUT2D eigenvalue weighted by Gasteiger charge is 2.46. The van der Waals surface area contributed by atoms with Crippen LogP contribution in [-0.2, 0) is 16.4 Å². The molecule has 0 aromatic heterocycles. The minimum absolute atomic E-state index is 2.86. The molecule has 0 heterocycles. The van der Waals surface area contributed by atoms with Gasteiger partial charge in [0.25, 0.3) is 0 Å². The molecule has 1 rings (SSSR count). The van der Waals surface area contributed by atoms with Crippen LogP contribution in [0.3, 0.4) is 0 Å². The van der Waals surface area contributed by atoms with Gasteiger partial charge in [-0.1, -0.05) is 0 Å². The molecule has 0 aliphatic carbocycles. The van der Waals surface area contributed by atoms with Crippen molar-refractivity contribution in [3.63, 3.8) is 0 Å². The van der Waals surface area contributed by atoms with Crippen molar-refractivity contribution >= 4 is 10.2 Å². The molecule has 0 aliphatic heterocycles. The van der Waals surface area contributed by atoms with Gasteiger partial charge < -0.3 is 0 Å². The van der Waals surface area contributed by atoms with Crippen LogP contribution in [0, 0.1) is 23.3 Å².